The lowest BCUT2D eigenvalue weighted by Crippen LogP contribution is -2.49. The highest BCUT2D eigenvalue weighted by atomic mass is 16.3. The van der Waals surface area contributed by atoms with Crippen LogP contribution in [0.1, 0.15) is 21.6 Å². The second-order valence-corrected chi connectivity index (χ2v) is 6.64. The van der Waals surface area contributed by atoms with Crippen LogP contribution in [0, 0.1) is 13.8 Å². The fourth-order valence-electron chi connectivity index (χ4n) is 3.38. The molecule has 0 unspecified atom stereocenters. The molecule has 0 radical (unpaired) electrons. The first-order valence-corrected chi connectivity index (χ1v) is 8.83. The Balaban J connectivity index is 1.43. The van der Waals surface area contributed by atoms with Gasteiger partial charge >= 0.3 is 0 Å². The van der Waals surface area contributed by atoms with Crippen molar-refractivity contribution in [3.8, 4) is 11.5 Å². The van der Waals surface area contributed by atoms with Crippen LogP contribution in [0.5, 0.6) is 0 Å². The topological polar surface area (TPSA) is 65.4 Å². The maximum absolute atomic E-state index is 12.7. The fraction of sp³-hybridized carbons (Fsp3) is 0.300. The molecule has 0 aliphatic carbocycles. The summed E-state index contributed by atoms with van der Waals surface area (Å²) in [5, 5.41) is 7.04. The van der Waals surface area contributed by atoms with Crippen molar-refractivity contribution >= 4 is 11.6 Å². The van der Waals surface area contributed by atoms with E-state index in [0.717, 1.165) is 13.1 Å². The molecule has 1 aliphatic heterocycles. The minimum Gasteiger partial charge on any atom is -0.463 e. The molecule has 2 aromatic heterocycles. The van der Waals surface area contributed by atoms with Gasteiger partial charge in [0.15, 0.2) is 11.5 Å². The van der Waals surface area contributed by atoms with E-state index >= 15 is 0 Å². The zero-order valence-corrected chi connectivity index (χ0v) is 15.0. The number of carbonyl (C=O) groups is 1. The maximum atomic E-state index is 12.7. The van der Waals surface area contributed by atoms with E-state index in [0.29, 0.717) is 30.2 Å². The van der Waals surface area contributed by atoms with Gasteiger partial charge in [-0.1, -0.05) is 12.1 Å². The van der Waals surface area contributed by atoms with Crippen LogP contribution in [-0.2, 0) is 0 Å². The molecule has 134 valence electrons. The van der Waals surface area contributed by atoms with Crippen LogP contribution < -0.4 is 4.90 Å². The molecule has 3 aromatic rings. The van der Waals surface area contributed by atoms with Gasteiger partial charge in [0.1, 0.15) is 5.69 Å². The number of rotatable bonds is 3. The summed E-state index contributed by atoms with van der Waals surface area (Å²) in [6.45, 7) is 7.32. The first-order valence-electron chi connectivity index (χ1n) is 8.83. The smallest absolute Gasteiger partial charge is 0.274 e. The minimum atomic E-state index is -0.0420. The van der Waals surface area contributed by atoms with E-state index in [9.17, 15) is 4.79 Å². The van der Waals surface area contributed by atoms with Gasteiger partial charge in [-0.05, 0) is 43.2 Å². The number of H-pyrrole nitrogens is 1. The molecular formula is C20H22N4O2. The highest BCUT2D eigenvalue weighted by molar-refractivity contribution is 5.93. The van der Waals surface area contributed by atoms with Crippen molar-refractivity contribution in [3.05, 3.63) is 59.5 Å². The van der Waals surface area contributed by atoms with E-state index < -0.39 is 0 Å². The van der Waals surface area contributed by atoms with Crippen molar-refractivity contribution in [2.75, 3.05) is 31.1 Å². The summed E-state index contributed by atoms with van der Waals surface area (Å²) in [7, 11) is 0. The summed E-state index contributed by atoms with van der Waals surface area (Å²) in [5.74, 6) is 0.635. The third-order valence-corrected chi connectivity index (χ3v) is 5.07. The Morgan fingerprint density at radius 3 is 2.65 bits per heavy atom. The van der Waals surface area contributed by atoms with Crippen molar-refractivity contribution in [2.24, 2.45) is 0 Å². The van der Waals surface area contributed by atoms with Crippen LogP contribution in [0.2, 0.25) is 0 Å². The standard InChI is InChI=1S/C20H22N4O2/c1-14-5-3-6-18(15(14)2)23-8-10-24(11-9-23)20(25)17-13-16(21-22-17)19-7-4-12-26-19/h3-7,12-13H,8-11H2,1-2H3,(H,21,22). The molecule has 0 spiro atoms. The number of aromatic nitrogens is 2. The second-order valence-electron chi connectivity index (χ2n) is 6.64. The molecule has 0 atom stereocenters. The fourth-order valence-corrected chi connectivity index (χ4v) is 3.38. The molecule has 1 aromatic carbocycles. The van der Waals surface area contributed by atoms with E-state index in [4.69, 9.17) is 4.42 Å². The maximum Gasteiger partial charge on any atom is 0.274 e. The number of anilines is 1. The molecule has 4 rings (SSSR count). The summed E-state index contributed by atoms with van der Waals surface area (Å²) in [6, 6.07) is 11.8. The zero-order valence-electron chi connectivity index (χ0n) is 15.0. The molecule has 3 heterocycles. The average molecular weight is 350 g/mol. The minimum absolute atomic E-state index is 0.0420. The van der Waals surface area contributed by atoms with Gasteiger partial charge in [0.05, 0.1) is 6.26 Å². The summed E-state index contributed by atoms with van der Waals surface area (Å²) < 4.78 is 5.34. The number of nitrogens with zero attached hydrogens (tertiary/aromatic N) is 3. The number of hydrogen-bond acceptors (Lipinski definition) is 4. The van der Waals surface area contributed by atoms with Gasteiger partial charge in [-0.3, -0.25) is 9.89 Å². The lowest BCUT2D eigenvalue weighted by atomic mass is 10.1. The number of benzene rings is 1. The Kier molecular flexibility index (Phi) is 4.24. The zero-order chi connectivity index (χ0) is 18.1. The van der Waals surface area contributed by atoms with Gasteiger partial charge in [-0.15, -0.1) is 0 Å². The molecular weight excluding hydrogens is 328 g/mol. The molecule has 1 fully saturated rings. The van der Waals surface area contributed by atoms with Crippen molar-refractivity contribution in [2.45, 2.75) is 13.8 Å². The quantitative estimate of drug-likeness (QED) is 0.787. The predicted octanol–water partition coefficient (Wildman–Crippen LogP) is 3.25. The summed E-state index contributed by atoms with van der Waals surface area (Å²) in [4.78, 5) is 17.0. The predicted molar refractivity (Wildman–Crippen MR) is 100 cm³/mol. The van der Waals surface area contributed by atoms with Crippen LogP contribution in [0.15, 0.2) is 47.1 Å². The molecule has 1 amide bonds. The Labute approximate surface area is 152 Å². The lowest BCUT2D eigenvalue weighted by molar-refractivity contribution is 0.0741. The SMILES string of the molecule is Cc1cccc(N2CCN(C(=O)c3cc(-c4ccco4)[nH]n3)CC2)c1C. The molecule has 6 nitrogen and oxygen atoms in total. The van der Waals surface area contributed by atoms with E-state index in [2.05, 4.69) is 47.1 Å². The molecule has 0 bridgehead atoms. The Bertz CT molecular complexity index is 906. The first-order chi connectivity index (χ1) is 12.6. The molecule has 6 heteroatoms. The monoisotopic (exact) mass is 350 g/mol. The van der Waals surface area contributed by atoms with Crippen LogP contribution >= 0.6 is 0 Å². The number of aromatic amines is 1. The van der Waals surface area contributed by atoms with E-state index in [-0.39, 0.29) is 5.91 Å². The molecule has 1 aliphatic rings. The lowest BCUT2D eigenvalue weighted by Gasteiger charge is -2.36. The van der Waals surface area contributed by atoms with Crippen LogP contribution in [0.4, 0.5) is 5.69 Å². The number of piperazine rings is 1. The number of furan rings is 1. The van der Waals surface area contributed by atoms with Gasteiger partial charge in [0.25, 0.3) is 5.91 Å². The number of hydrogen-bond donors (Lipinski definition) is 1. The summed E-state index contributed by atoms with van der Waals surface area (Å²) in [5.41, 5.74) is 5.01. The van der Waals surface area contributed by atoms with Crippen LogP contribution in [0.25, 0.3) is 11.5 Å². The second kappa shape index (κ2) is 6.71. The van der Waals surface area contributed by atoms with Crippen molar-refractivity contribution in [3.63, 3.8) is 0 Å². The largest absolute Gasteiger partial charge is 0.463 e. The van der Waals surface area contributed by atoms with Crippen molar-refractivity contribution in [1.82, 2.24) is 15.1 Å². The van der Waals surface area contributed by atoms with Gasteiger partial charge in [0, 0.05) is 37.9 Å². The Morgan fingerprint density at radius 1 is 1.12 bits per heavy atom. The van der Waals surface area contributed by atoms with Gasteiger partial charge in [-0.2, -0.15) is 5.10 Å². The number of aryl methyl sites for hydroxylation is 1. The normalized spacial score (nSPS) is 14.7. The number of carbonyl (C=O) groups excluding carboxylic acids is 1. The first kappa shape index (κ1) is 16.4. The van der Waals surface area contributed by atoms with Crippen LogP contribution in [-0.4, -0.2) is 47.2 Å². The van der Waals surface area contributed by atoms with Crippen molar-refractivity contribution < 1.29 is 9.21 Å². The third kappa shape index (κ3) is 2.98. The number of nitrogens with one attached hydrogen (secondary N) is 1. The highest BCUT2D eigenvalue weighted by Gasteiger charge is 2.25. The van der Waals surface area contributed by atoms with Crippen molar-refractivity contribution in [1.29, 1.82) is 0 Å². The molecule has 26 heavy (non-hydrogen) atoms. The van der Waals surface area contributed by atoms with Gasteiger partial charge < -0.3 is 14.2 Å². The highest BCUT2D eigenvalue weighted by Crippen LogP contribution is 2.24. The van der Waals surface area contributed by atoms with E-state index in [1.54, 1.807) is 12.3 Å². The van der Waals surface area contributed by atoms with E-state index in [1.165, 1.54) is 16.8 Å². The molecule has 0 saturated carbocycles. The molecule has 1 N–H and O–H groups in total. The Hall–Kier alpha value is -3.02. The average Bonchev–Trinajstić information content (AvgIpc) is 3.35. The van der Waals surface area contributed by atoms with E-state index in [1.807, 2.05) is 17.0 Å². The summed E-state index contributed by atoms with van der Waals surface area (Å²) >= 11 is 0. The summed E-state index contributed by atoms with van der Waals surface area (Å²) in [6.07, 6.45) is 1.60. The van der Waals surface area contributed by atoms with Gasteiger partial charge in [0.2, 0.25) is 0 Å². The number of amides is 1. The molecule has 1 saturated heterocycles. The third-order valence-electron chi connectivity index (χ3n) is 5.07. The van der Waals surface area contributed by atoms with Gasteiger partial charge in [-0.25, -0.2) is 0 Å². The Morgan fingerprint density at radius 2 is 1.92 bits per heavy atom. The van der Waals surface area contributed by atoms with Crippen LogP contribution in [0.3, 0.4) is 0 Å².